The smallest absolute Gasteiger partial charge is 0.306 e. The van der Waals surface area contributed by atoms with Crippen LogP contribution in [0.3, 0.4) is 0 Å². The number of carbonyl (C=O) groups is 1. The van der Waals surface area contributed by atoms with E-state index in [2.05, 4.69) is 27.6 Å². The van der Waals surface area contributed by atoms with Gasteiger partial charge in [-0.2, -0.15) is 5.10 Å². The van der Waals surface area contributed by atoms with Crippen molar-refractivity contribution >= 4 is 35.2 Å². The van der Waals surface area contributed by atoms with Crippen molar-refractivity contribution in [3.8, 4) is 0 Å². The van der Waals surface area contributed by atoms with Crippen LogP contribution in [0.4, 0.5) is 5.69 Å². The van der Waals surface area contributed by atoms with Crippen molar-refractivity contribution in [2.45, 2.75) is 12.8 Å². The molecule has 0 unspecified atom stereocenters. The number of aliphatic carboxylic acids is 1. The first-order valence-corrected chi connectivity index (χ1v) is 7.13. The number of piperidine rings is 1. The van der Waals surface area contributed by atoms with Crippen molar-refractivity contribution in [2.24, 2.45) is 16.8 Å². The van der Waals surface area contributed by atoms with Gasteiger partial charge < -0.3 is 15.7 Å². The Labute approximate surface area is 128 Å². The lowest BCUT2D eigenvalue weighted by Gasteiger charge is -2.31. The minimum Gasteiger partial charge on any atom is -0.481 e. The van der Waals surface area contributed by atoms with Gasteiger partial charge in [0.1, 0.15) is 0 Å². The Morgan fingerprint density at radius 3 is 2.52 bits per heavy atom. The topological polar surface area (TPSA) is 91.0 Å². The van der Waals surface area contributed by atoms with Gasteiger partial charge in [0.25, 0.3) is 0 Å². The van der Waals surface area contributed by atoms with Crippen LogP contribution in [-0.4, -0.2) is 35.5 Å². The summed E-state index contributed by atoms with van der Waals surface area (Å²) in [4.78, 5) is 13.1. The summed E-state index contributed by atoms with van der Waals surface area (Å²) in [7, 11) is 0. The fourth-order valence-electron chi connectivity index (χ4n) is 2.33. The van der Waals surface area contributed by atoms with Crippen LogP contribution in [0, 0.1) is 5.92 Å². The lowest BCUT2D eigenvalue weighted by atomic mass is 9.96. The van der Waals surface area contributed by atoms with E-state index in [0.29, 0.717) is 12.8 Å². The molecular formula is C14H18N4O2S. The fourth-order valence-corrected chi connectivity index (χ4v) is 2.38. The fraction of sp³-hybridized carbons (Fsp3) is 0.357. The van der Waals surface area contributed by atoms with Crippen LogP contribution < -0.4 is 16.1 Å². The summed E-state index contributed by atoms with van der Waals surface area (Å²) in [6.45, 7) is 1.54. The van der Waals surface area contributed by atoms with Crippen molar-refractivity contribution in [1.29, 1.82) is 0 Å². The zero-order valence-corrected chi connectivity index (χ0v) is 12.3. The van der Waals surface area contributed by atoms with Crippen molar-refractivity contribution in [3.05, 3.63) is 29.8 Å². The molecular weight excluding hydrogens is 288 g/mol. The van der Waals surface area contributed by atoms with Gasteiger partial charge >= 0.3 is 5.97 Å². The standard InChI is InChI=1S/C14H18N4O2S/c15-14(21)17-16-9-10-1-3-12(4-2-10)18-7-5-11(6-8-18)13(19)20/h1-4,9,11H,5-8H2,(H,19,20)(H3,15,17,21). The highest BCUT2D eigenvalue weighted by Crippen LogP contribution is 2.23. The number of carboxylic acid groups (broad SMARTS) is 1. The second kappa shape index (κ2) is 7.03. The Morgan fingerprint density at radius 2 is 2.00 bits per heavy atom. The van der Waals surface area contributed by atoms with Crippen LogP contribution >= 0.6 is 12.2 Å². The van der Waals surface area contributed by atoms with Gasteiger partial charge in [-0.3, -0.25) is 10.2 Å². The van der Waals surface area contributed by atoms with Gasteiger partial charge in [-0.15, -0.1) is 0 Å². The normalized spacial score (nSPS) is 16.1. The number of benzene rings is 1. The molecule has 1 aromatic carbocycles. The number of hydrogen-bond donors (Lipinski definition) is 3. The Morgan fingerprint density at radius 1 is 1.38 bits per heavy atom. The number of anilines is 1. The Hall–Kier alpha value is -2.15. The highest BCUT2D eigenvalue weighted by molar-refractivity contribution is 7.80. The maximum absolute atomic E-state index is 10.9. The molecule has 21 heavy (non-hydrogen) atoms. The summed E-state index contributed by atoms with van der Waals surface area (Å²) in [6.07, 6.45) is 3.02. The molecule has 0 saturated carbocycles. The van der Waals surface area contributed by atoms with E-state index in [1.807, 2.05) is 24.3 Å². The van der Waals surface area contributed by atoms with Crippen LogP contribution in [0.1, 0.15) is 18.4 Å². The predicted octanol–water partition coefficient (Wildman–Crippen LogP) is 1.15. The lowest BCUT2D eigenvalue weighted by molar-refractivity contribution is -0.142. The van der Waals surface area contributed by atoms with E-state index in [9.17, 15) is 4.79 Å². The van der Waals surface area contributed by atoms with E-state index >= 15 is 0 Å². The summed E-state index contributed by atoms with van der Waals surface area (Å²) in [5.74, 6) is -0.898. The maximum atomic E-state index is 10.9. The molecule has 0 radical (unpaired) electrons. The maximum Gasteiger partial charge on any atom is 0.306 e. The third-order valence-corrected chi connectivity index (χ3v) is 3.58. The molecule has 0 atom stereocenters. The first-order chi connectivity index (χ1) is 10.1. The van der Waals surface area contributed by atoms with Gasteiger partial charge in [0.2, 0.25) is 0 Å². The second-order valence-corrected chi connectivity index (χ2v) is 5.37. The minimum atomic E-state index is -0.688. The minimum absolute atomic E-state index is 0.129. The van der Waals surface area contributed by atoms with Crippen LogP contribution in [0.2, 0.25) is 0 Å². The molecule has 1 saturated heterocycles. The zero-order valence-electron chi connectivity index (χ0n) is 11.5. The molecule has 1 heterocycles. The number of nitrogens with one attached hydrogen (secondary N) is 1. The largest absolute Gasteiger partial charge is 0.481 e. The van der Waals surface area contributed by atoms with Crippen molar-refractivity contribution in [2.75, 3.05) is 18.0 Å². The SMILES string of the molecule is NC(=S)NN=Cc1ccc(N2CCC(C(=O)O)CC2)cc1. The molecule has 2 rings (SSSR count). The van der Waals surface area contributed by atoms with E-state index in [0.717, 1.165) is 24.3 Å². The van der Waals surface area contributed by atoms with Crippen LogP contribution in [0.15, 0.2) is 29.4 Å². The van der Waals surface area contributed by atoms with Crippen LogP contribution in [0.25, 0.3) is 0 Å². The van der Waals surface area contributed by atoms with E-state index in [1.165, 1.54) is 0 Å². The number of nitrogens with zero attached hydrogens (tertiary/aromatic N) is 2. The number of hydrogen-bond acceptors (Lipinski definition) is 4. The van der Waals surface area contributed by atoms with E-state index in [-0.39, 0.29) is 11.0 Å². The van der Waals surface area contributed by atoms with E-state index < -0.39 is 5.97 Å². The monoisotopic (exact) mass is 306 g/mol. The third-order valence-electron chi connectivity index (χ3n) is 3.49. The number of nitrogens with two attached hydrogens (primary N) is 1. The summed E-state index contributed by atoms with van der Waals surface area (Å²) in [6, 6.07) is 7.90. The molecule has 4 N–H and O–H groups in total. The Bertz CT molecular complexity index is 536. The highest BCUT2D eigenvalue weighted by Gasteiger charge is 2.24. The molecule has 0 spiro atoms. The van der Waals surface area contributed by atoms with Crippen molar-refractivity contribution < 1.29 is 9.90 Å². The van der Waals surface area contributed by atoms with Gasteiger partial charge in [-0.05, 0) is 42.8 Å². The molecule has 112 valence electrons. The number of rotatable bonds is 4. The van der Waals surface area contributed by atoms with Crippen LogP contribution in [0.5, 0.6) is 0 Å². The average Bonchev–Trinajstić information content (AvgIpc) is 2.48. The highest BCUT2D eigenvalue weighted by atomic mass is 32.1. The molecule has 1 aromatic rings. The first-order valence-electron chi connectivity index (χ1n) is 6.72. The number of carboxylic acids is 1. The molecule has 0 aliphatic carbocycles. The lowest BCUT2D eigenvalue weighted by Crippen LogP contribution is -2.36. The predicted molar refractivity (Wildman–Crippen MR) is 86.5 cm³/mol. The van der Waals surface area contributed by atoms with Gasteiger partial charge in [0, 0.05) is 18.8 Å². The van der Waals surface area contributed by atoms with Crippen molar-refractivity contribution in [1.82, 2.24) is 5.43 Å². The second-order valence-electron chi connectivity index (χ2n) is 4.93. The summed E-state index contributed by atoms with van der Waals surface area (Å²) < 4.78 is 0. The van der Waals surface area contributed by atoms with Gasteiger partial charge in [-0.1, -0.05) is 12.1 Å². The first kappa shape index (κ1) is 15.2. The molecule has 1 aliphatic rings. The number of hydrazone groups is 1. The zero-order chi connectivity index (χ0) is 15.2. The van der Waals surface area contributed by atoms with Crippen LogP contribution in [-0.2, 0) is 4.79 Å². The van der Waals surface area contributed by atoms with E-state index in [1.54, 1.807) is 6.21 Å². The Balaban J connectivity index is 1.92. The quantitative estimate of drug-likeness (QED) is 0.439. The molecule has 1 aliphatic heterocycles. The third kappa shape index (κ3) is 4.42. The van der Waals surface area contributed by atoms with Gasteiger partial charge in [-0.25, -0.2) is 0 Å². The van der Waals surface area contributed by atoms with E-state index in [4.69, 9.17) is 10.8 Å². The molecule has 0 aromatic heterocycles. The van der Waals surface area contributed by atoms with Gasteiger partial charge in [0.15, 0.2) is 5.11 Å². The Kier molecular flexibility index (Phi) is 5.10. The number of thiocarbonyl (C=S) groups is 1. The molecule has 1 fully saturated rings. The molecule has 0 bridgehead atoms. The summed E-state index contributed by atoms with van der Waals surface area (Å²) in [5, 5.41) is 13.0. The summed E-state index contributed by atoms with van der Waals surface area (Å²) >= 11 is 4.65. The average molecular weight is 306 g/mol. The molecule has 6 nitrogen and oxygen atoms in total. The van der Waals surface area contributed by atoms with Crippen molar-refractivity contribution in [3.63, 3.8) is 0 Å². The van der Waals surface area contributed by atoms with Gasteiger partial charge in [0.05, 0.1) is 12.1 Å². The molecule has 7 heteroatoms. The molecule has 0 amide bonds. The summed E-state index contributed by atoms with van der Waals surface area (Å²) in [5.41, 5.74) is 9.80.